The SMILES string of the molecule is COc1cc(OCc2ccc(C)cn2)ccc1-c1cnc(-c2ccc(F)cc2)[nH]1. The number of pyridine rings is 1. The topological polar surface area (TPSA) is 60.0 Å². The van der Waals surface area contributed by atoms with E-state index in [1.807, 2.05) is 43.5 Å². The molecule has 0 unspecified atom stereocenters. The lowest BCUT2D eigenvalue weighted by Crippen LogP contribution is -1.99. The number of methoxy groups -OCH3 is 1. The molecule has 0 saturated carbocycles. The van der Waals surface area contributed by atoms with Gasteiger partial charge in [-0.1, -0.05) is 6.07 Å². The number of aromatic nitrogens is 3. The molecule has 146 valence electrons. The number of hydrogen-bond donors (Lipinski definition) is 1. The summed E-state index contributed by atoms with van der Waals surface area (Å²) in [6.45, 7) is 2.37. The van der Waals surface area contributed by atoms with Gasteiger partial charge < -0.3 is 14.5 Å². The highest BCUT2D eigenvalue weighted by molar-refractivity contribution is 5.70. The van der Waals surface area contributed by atoms with Crippen LogP contribution in [0, 0.1) is 12.7 Å². The minimum atomic E-state index is -0.279. The van der Waals surface area contributed by atoms with Crippen LogP contribution in [0.5, 0.6) is 11.5 Å². The summed E-state index contributed by atoms with van der Waals surface area (Å²) in [6, 6.07) is 15.8. The van der Waals surface area contributed by atoms with E-state index in [-0.39, 0.29) is 5.82 Å². The summed E-state index contributed by atoms with van der Waals surface area (Å²) in [4.78, 5) is 12.0. The molecule has 0 fully saturated rings. The first-order valence-electron chi connectivity index (χ1n) is 9.16. The Morgan fingerprint density at radius 1 is 0.966 bits per heavy atom. The van der Waals surface area contributed by atoms with Gasteiger partial charge in [-0.2, -0.15) is 0 Å². The van der Waals surface area contributed by atoms with Gasteiger partial charge in [-0.05, 0) is 55.0 Å². The van der Waals surface area contributed by atoms with Crippen molar-refractivity contribution >= 4 is 0 Å². The van der Waals surface area contributed by atoms with E-state index in [9.17, 15) is 4.39 Å². The molecular weight excluding hydrogens is 369 g/mol. The number of aromatic amines is 1. The maximum absolute atomic E-state index is 13.1. The molecule has 2 heterocycles. The van der Waals surface area contributed by atoms with E-state index in [0.29, 0.717) is 23.9 Å². The van der Waals surface area contributed by atoms with Gasteiger partial charge in [0.05, 0.1) is 24.7 Å². The van der Waals surface area contributed by atoms with E-state index in [1.165, 1.54) is 12.1 Å². The number of nitrogens with one attached hydrogen (secondary N) is 1. The maximum Gasteiger partial charge on any atom is 0.137 e. The van der Waals surface area contributed by atoms with E-state index in [4.69, 9.17) is 9.47 Å². The average molecular weight is 389 g/mol. The van der Waals surface area contributed by atoms with Crippen LogP contribution in [0.3, 0.4) is 0 Å². The minimum Gasteiger partial charge on any atom is -0.496 e. The van der Waals surface area contributed by atoms with Crippen LogP contribution in [0.15, 0.2) is 67.0 Å². The number of imidazole rings is 1. The summed E-state index contributed by atoms with van der Waals surface area (Å²) >= 11 is 0. The third-order valence-electron chi connectivity index (χ3n) is 4.52. The maximum atomic E-state index is 13.1. The molecule has 2 aromatic heterocycles. The van der Waals surface area contributed by atoms with Gasteiger partial charge in [-0.25, -0.2) is 9.37 Å². The van der Waals surface area contributed by atoms with Crippen LogP contribution in [0.1, 0.15) is 11.3 Å². The smallest absolute Gasteiger partial charge is 0.137 e. The van der Waals surface area contributed by atoms with Crippen molar-refractivity contribution in [2.75, 3.05) is 7.11 Å². The van der Waals surface area contributed by atoms with E-state index in [2.05, 4.69) is 15.0 Å². The van der Waals surface area contributed by atoms with Crippen molar-refractivity contribution in [3.63, 3.8) is 0 Å². The quantitative estimate of drug-likeness (QED) is 0.494. The summed E-state index contributed by atoms with van der Waals surface area (Å²) < 4.78 is 24.5. The zero-order valence-corrected chi connectivity index (χ0v) is 16.1. The van der Waals surface area contributed by atoms with Crippen LogP contribution in [0.25, 0.3) is 22.6 Å². The van der Waals surface area contributed by atoms with Crippen molar-refractivity contribution in [3.05, 3.63) is 84.1 Å². The molecule has 0 radical (unpaired) electrons. The van der Waals surface area contributed by atoms with Gasteiger partial charge in [0.15, 0.2) is 0 Å². The minimum absolute atomic E-state index is 0.279. The number of halogens is 1. The zero-order chi connectivity index (χ0) is 20.2. The molecule has 0 aliphatic rings. The largest absolute Gasteiger partial charge is 0.496 e. The van der Waals surface area contributed by atoms with E-state index in [1.54, 1.807) is 25.4 Å². The molecular formula is C23H20FN3O2. The normalized spacial score (nSPS) is 10.7. The van der Waals surface area contributed by atoms with Crippen LogP contribution >= 0.6 is 0 Å². The number of rotatable bonds is 6. The standard InChI is InChI=1S/C23H20FN3O2/c1-15-3-8-18(25-12-15)14-29-19-9-10-20(22(11-19)28-2)21-13-26-23(27-21)16-4-6-17(24)7-5-16/h3-13H,14H2,1-2H3,(H,26,27). The van der Waals surface area contributed by atoms with E-state index >= 15 is 0 Å². The van der Waals surface area contributed by atoms with Gasteiger partial charge in [0.1, 0.15) is 29.7 Å². The Kier molecular flexibility index (Phi) is 5.24. The van der Waals surface area contributed by atoms with Crippen molar-refractivity contribution in [3.8, 4) is 34.1 Å². The van der Waals surface area contributed by atoms with Gasteiger partial charge in [0, 0.05) is 23.4 Å². The Labute approximate surface area is 168 Å². The van der Waals surface area contributed by atoms with E-state index in [0.717, 1.165) is 28.1 Å². The van der Waals surface area contributed by atoms with Crippen LogP contribution < -0.4 is 9.47 Å². The van der Waals surface area contributed by atoms with Crippen molar-refractivity contribution in [1.82, 2.24) is 15.0 Å². The summed E-state index contributed by atoms with van der Waals surface area (Å²) in [5.41, 5.74) is 4.43. The predicted octanol–water partition coefficient (Wildman–Crippen LogP) is 5.17. The highest BCUT2D eigenvalue weighted by Gasteiger charge is 2.12. The number of aryl methyl sites for hydroxylation is 1. The molecule has 0 atom stereocenters. The van der Waals surface area contributed by atoms with Crippen molar-refractivity contribution < 1.29 is 13.9 Å². The molecule has 1 N–H and O–H groups in total. The lowest BCUT2D eigenvalue weighted by Gasteiger charge is -2.11. The molecule has 4 rings (SSSR count). The van der Waals surface area contributed by atoms with Crippen LogP contribution in [-0.2, 0) is 6.61 Å². The summed E-state index contributed by atoms with van der Waals surface area (Å²) in [5.74, 6) is 1.73. The first-order chi connectivity index (χ1) is 14.1. The van der Waals surface area contributed by atoms with Crippen LogP contribution in [0.2, 0.25) is 0 Å². The lowest BCUT2D eigenvalue weighted by atomic mass is 10.1. The Hall–Kier alpha value is -3.67. The second kappa shape index (κ2) is 8.14. The Morgan fingerprint density at radius 3 is 2.52 bits per heavy atom. The number of nitrogens with zero attached hydrogens (tertiary/aromatic N) is 2. The molecule has 0 aliphatic carbocycles. The monoisotopic (exact) mass is 389 g/mol. The lowest BCUT2D eigenvalue weighted by molar-refractivity contribution is 0.299. The fraction of sp³-hybridized carbons (Fsp3) is 0.130. The molecule has 0 bridgehead atoms. The molecule has 5 nitrogen and oxygen atoms in total. The molecule has 0 aliphatic heterocycles. The summed E-state index contributed by atoms with van der Waals surface area (Å²) in [6.07, 6.45) is 3.55. The van der Waals surface area contributed by atoms with Gasteiger partial charge in [0.2, 0.25) is 0 Å². The first kappa shape index (κ1) is 18.7. The van der Waals surface area contributed by atoms with Crippen LogP contribution in [-0.4, -0.2) is 22.1 Å². The van der Waals surface area contributed by atoms with Gasteiger partial charge in [-0.3, -0.25) is 4.98 Å². The third kappa shape index (κ3) is 4.27. The molecule has 0 saturated heterocycles. The molecule has 6 heteroatoms. The number of H-pyrrole nitrogens is 1. The average Bonchev–Trinajstić information content (AvgIpc) is 3.23. The second-order valence-corrected chi connectivity index (χ2v) is 6.63. The highest BCUT2D eigenvalue weighted by atomic mass is 19.1. The number of benzene rings is 2. The van der Waals surface area contributed by atoms with Gasteiger partial charge >= 0.3 is 0 Å². The first-order valence-corrected chi connectivity index (χ1v) is 9.16. The number of ether oxygens (including phenoxy) is 2. The Bertz CT molecular complexity index is 1110. The summed E-state index contributed by atoms with van der Waals surface area (Å²) in [5, 5.41) is 0. The fourth-order valence-electron chi connectivity index (χ4n) is 2.94. The molecule has 0 spiro atoms. The second-order valence-electron chi connectivity index (χ2n) is 6.63. The molecule has 2 aromatic carbocycles. The van der Waals surface area contributed by atoms with Crippen molar-refractivity contribution in [1.29, 1.82) is 0 Å². The van der Waals surface area contributed by atoms with Gasteiger partial charge in [-0.15, -0.1) is 0 Å². The predicted molar refractivity (Wildman–Crippen MR) is 109 cm³/mol. The molecule has 29 heavy (non-hydrogen) atoms. The Morgan fingerprint density at radius 2 is 1.79 bits per heavy atom. The Balaban J connectivity index is 1.54. The molecule has 0 amide bonds. The zero-order valence-electron chi connectivity index (χ0n) is 16.1. The van der Waals surface area contributed by atoms with E-state index < -0.39 is 0 Å². The summed E-state index contributed by atoms with van der Waals surface area (Å²) in [7, 11) is 1.61. The molecule has 4 aromatic rings. The van der Waals surface area contributed by atoms with Crippen molar-refractivity contribution in [2.24, 2.45) is 0 Å². The number of hydrogen-bond acceptors (Lipinski definition) is 4. The van der Waals surface area contributed by atoms with Gasteiger partial charge in [0.25, 0.3) is 0 Å². The fourth-order valence-corrected chi connectivity index (χ4v) is 2.94. The highest BCUT2D eigenvalue weighted by Crippen LogP contribution is 2.33. The van der Waals surface area contributed by atoms with Crippen LogP contribution in [0.4, 0.5) is 4.39 Å². The van der Waals surface area contributed by atoms with Crippen molar-refractivity contribution in [2.45, 2.75) is 13.5 Å². The third-order valence-corrected chi connectivity index (χ3v) is 4.52.